The highest BCUT2D eigenvalue weighted by atomic mass is 79.9. The van der Waals surface area contributed by atoms with Gasteiger partial charge >= 0.3 is 6.18 Å². The van der Waals surface area contributed by atoms with Gasteiger partial charge in [-0.15, -0.1) is 0 Å². The van der Waals surface area contributed by atoms with Gasteiger partial charge in [-0.3, -0.25) is 0 Å². The predicted molar refractivity (Wildman–Crippen MR) is 61.0 cm³/mol. The van der Waals surface area contributed by atoms with Gasteiger partial charge in [0.1, 0.15) is 0 Å². The average Bonchev–Trinajstić information content (AvgIpc) is 2.66. The first kappa shape index (κ1) is 13.3. The zero-order valence-corrected chi connectivity index (χ0v) is 11.2. The van der Waals surface area contributed by atoms with Crippen LogP contribution in [0.2, 0.25) is 0 Å². The third-order valence-electron chi connectivity index (χ3n) is 1.71. The third-order valence-corrected chi connectivity index (χ3v) is 3.08. The van der Waals surface area contributed by atoms with Crippen molar-refractivity contribution in [1.29, 1.82) is 0 Å². The van der Waals surface area contributed by atoms with Crippen LogP contribution >= 0.6 is 27.3 Å². The number of nitrogens with zero attached hydrogens (tertiary/aromatic N) is 3. The number of alkyl halides is 3. The fourth-order valence-electron chi connectivity index (χ4n) is 1.05. The van der Waals surface area contributed by atoms with Crippen molar-refractivity contribution >= 4 is 37.7 Å². The highest BCUT2D eigenvalue weighted by Gasteiger charge is 2.29. The number of hydrogen-bond donors (Lipinski definition) is 0. The third kappa shape index (κ3) is 2.99. The zero-order chi connectivity index (χ0) is 13.3. The fourth-order valence-corrected chi connectivity index (χ4v) is 2.33. The predicted octanol–water partition coefficient (Wildman–Crippen LogP) is 2.80. The van der Waals surface area contributed by atoms with Crippen LogP contribution in [0.25, 0.3) is 10.5 Å². The molecule has 2 aromatic rings. The van der Waals surface area contributed by atoms with E-state index >= 15 is 0 Å². The summed E-state index contributed by atoms with van der Waals surface area (Å²) >= 11 is 4.00. The van der Waals surface area contributed by atoms with E-state index in [0.29, 0.717) is 9.43 Å². The van der Waals surface area contributed by atoms with Crippen LogP contribution in [0.15, 0.2) is 4.60 Å². The van der Waals surface area contributed by atoms with Gasteiger partial charge in [0.25, 0.3) is 5.19 Å². The van der Waals surface area contributed by atoms with Gasteiger partial charge in [-0.25, -0.2) is 4.98 Å². The lowest BCUT2D eigenvalue weighted by Gasteiger charge is -2.04. The van der Waals surface area contributed by atoms with Crippen LogP contribution in [0.3, 0.4) is 0 Å². The minimum atomic E-state index is -4.41. The summed E-state index contributed by atoms with van der Waals surface area (Å²) in [5, 5.41) is -0.137. The van der Waals surface area contributed by atoms with Gasteiger partial charge < -0.3 is 9.47 Å². The number of rotatable bonds is 3. The zero-order valence-electron chi connectivity index (χ0n) is 8.79. The van der Waals surface area contributed by atoms with Crippen LogP contribution in [-0.2, 0) is 0 Å². The molecule has 0 N–H and O–H groups in total. The van der Waals surface area contributed by atoms with Gasteiger partial charge in [-0.05, 0) is 15.9 Å². The second-order valence-corrected chi connectivity index (χ2v) is 4.73. The molecule has 18 heavy (non-hydrogen) atoms. The second kappa shape index (κ2) is 4.84. The summed E-state index contributed by atoms with van der Waals surface area (Å²) in [6.07, 6.45) is -4.41. The molecule has 0 radical (unpaired) electrons. The summed E-state index contributed by atoms with van der Waals surface area (Å²) in [5.41, 5.74) is 0.178. The number of fused-ring (bicyclic) bond motifs is 1. The van der Waals surface area contributed by atoms with Gasteiger partial charge in [0.15, 0.2) is 21.7 Å². The van der Waals surface area contributed by atoms with E-state index < -0.39 is 12.8 Å². The molecule has 0 aliphatic heterocycles. The van der Waals surface area contributed by atoms with Gasteiger partial charge in [0, 0.05) is 0 Å². The Bertz CT molecular complexity index is 574. The molecular weight excluding hydrogens is 339 g/mol. The normalized spacial score (nSPS) is 11.8. The second-order valence-electron chi connectivity index (χ2n) is 3.04. The van der Waals surface area contributed by atoms with Gasteiger partial charge in [-0.1, -0.05) is 11.3 Å². The van der Waals surface area contributed by atoms with E-state index in [-0.39, 0.29) is 16.7 Å². The maximum atomic E-state index is 12.0. The first-order valence-electron chi connectivity index (χ1n) is 4.46. The number of methoxy groups -OCH3 is 1. The van der Waals surface area contributed by atoms with Crippen molar-refractivity contribution in [3.63, 3.8) is 0 Å². The highest BCUT2D eigenvalue weighted by molar-refractivity contribution is 9.10. The largest absolute Gasteiger partial charge is 0.479 e. The SMILES string of the molecule is COc1nc2nc(OCC(F)(F)F)sc2nc1Br. The van der Waals surface area contributed by atoms with E-state index in [4.69, 9.17) is 4.74 Å². The minimum Gasteiger partial charge on any atom is -0.479 e. The molecule has 5 nitrogen and oxygen atoms in total. The molecule has 10 heteroatoms. The van der Waals surface area contributed by atoms with Gasteiger partial charge in [0.05, 0.1) is 7.11 Å². The summed E-state index contributed by atoms with van der Waals surface area (Å²) < 4.78 is 45.7. The van der Waals surface area contributed by atoms with Crippen LogP contribution in [0, 0.1) is 0 Å². The molecule has 0 aromatic carbocycles. The van der Waals surface area contributed by atoms with Crippen molar-refractivity contribution in [3.05, 3.63) is 4.60 Å². The molecule has 0 spiro atoms. The first-order valence-corrected chi connectivity index (χ1v) is 6.07. The Morgan fingerprint density at radius 1 is 1.28 bits per heavy atom. The summed E-state index contributed by atoms with van der Waals surface area (Å²) in [5.74, 6) is 0.204. The van der Waals surface area contributed by atoms with Gasteiger partial charge in [0.2, 0.25) is 5.88 Å². The minimum absolute atomic E-state index is 0.137. The molecule has 98 valence electrons. The van der Waals surface area contributed by atoms with E-state index in [2.05, 4.69) is 35.6 Å². The summed E-state index contributed by atoms with van der Waals surface area (Å²) in [7, 11) is 1.40. The van der Waals surface area contributed by atoms with Crippen molar-refractivity contribution in [2.75, 3.05) is 13.7 Å². The van der Waals surface area contributed by atoms with E-state index in [1.807, 2.05) is 0 Å². The molecule has 0 aliphatic carbocycles. The van der Waals surface area contributed by atoms with E-state index in [1.165, 1.54) is 7.11 Å². The fraction of sp³-hybridized carbons (Fsp3) is 0.375. The molecular formula is C8H5BrF3N3O2S. The van der Waals surface area contributed by atoms with Crippen LogP contribution < -0.4 is 9.47 Å². The lowest BCUT2D eigenvalue weighted by molar-refractivity contribution is -0.153. The standard InChI is InChI=1S/C8H5BrF3N3O2S/c1-16-5-3(9)13-6-4(14-5)15-7(18-6)17-2-8(10,11)12/h2H2,1H3. The Kier molecular flexibility index (Phi) is 3.57. The van der Waals surface area contributed by atoms with Crippen molar-refractivity contribution in [3.8, 4) is 11.1 Å². The molecule has 0 saturated carbocycles. The van der Waals surface area contributed by atoms with Crippen LogP contribution in [0.5, 0.6) is 11.1 Å². The molecule has 0 bridgehead atoms. The van der Waals surface area contributed by atoms with Gasteiger partial charge in [-0.2, -0.15) is 23.1 Å². The van der Waals surface area contributed by atoms with E-state index in [1.54, 1.807) is 0 Å². The number of ether oxygens (including phenoxy) is 2. The Morgan fingerprint density at radius 2 is 2.00 bits per heavy atom. The van der Waals surface area contributed by atoms with E-state index in [0.717, 1.165) is 11.3 Å². The quantitative estimate of drug-likeness (QED) is 0.857. The van der Waals surface area contributed by atoms with Crippen molar-refractivity contribution in [2.24, 2.45) is 0 Å². The Labute approximate surface area is 111 Å². The van der Waals surface area contributed by atoms with Crippen LogP contribution in [0.1, 0.15) is 0 Å². The molecule has 0 unspecified atom stereocenters. The number of hydrogen-bond acceptors (Lipinski definition) is 6. The van der Waals surface area contributed by atoms with Crippen LogP contribution in [0.4, 0.5) is 13.2 Å². The lowest BCUT2D eigenvalue weighted by Crippen LogP contribution is -2.19. The maximum absolute atomic E-state index is 12.0. The lowest BCUT2D eigenvalue weighted by atomic mass is 10.7. The topological polar surface area (TPSA) is 57.1 Å². The monoisotopic (exact) mass is 343 g/mol. The van der Waals surface area contributed by atoms with Crippen molar-refractivity contribution < 1.29 is 22.6 Å². The van der Waals surface area contributed by atoms with Crippen molar-refractivity contribution in [1.82, 2.24) is 15.0 Å². The Hall–Kier alpha value is -1.16. The smallest absolute Gasteiger partial charge is 0.422 e. The molecule has 2 aromatic heterocycles. The molecule has 0 saturated heterocycles. The molecule has 0 fully saturated rings. The maximum Gasteiger partial charge on any atom is 0.422 e. The number of aromatic nitrogens is 3. The number of halogens is 4. The molecule has 0 aliphatic rings. The molecule has 2 heterocycles. The molecule has 0 atom stereocenters. The molecule has 0 amide bonds. The summed E-state index contributed by atoms with van der Waals surface area (Å²) in [6, 6.07) is 0. The molecule has 2 rings (SSSR count). The Morgan fingerprint density at radius 3 is 2.61 bits per heavy atom. The highest BCUT2D eigenvalue weighted by Crippen LogP contribution is 2.30. The number of thiazole rings is 1. The van der Waals surface area contributed by atoms with Crippen molar-refractivity contribution in [2.45, 2.75) is 6.18 Å². The summed E-state index contributed by atoms with van der Waals surface area (Å²) in [4.78, 5) is 12.1. The summed E-state index contributed by atoms with van der Waals surface area (Å²) in [6.45, 7) is -1.40. The first-order chi connectivity index (χ1) is 8.39. The Balaban J connectivity index is 2.27. The van der Waals surface area contributed by atoms with E-state index in [9.17, 15) is 13.2 Å². The van der Waals surface area contributed by atoms with Crippen LogP contribution in [-0.4, -0.2) is 34.8 Å². The average molecular weight is 344 g/mol.